The third-order valence-electron chi connectivity index (χ3n) is 9.75. The van der Waals surface area contributed by atoms with Gasteiger partial charge in [0.1, 0.15) is 17.0 Å². The number of anilines is 2. The van der Waals surface area contributed by atoms with Gasteiger partial charge >= 0.3 is 6.09 Å². The van der Waals surface area contributed by atoms with E-state index in [9.17, 15) is 9.59 Å². The van der Waals surface area contributed by atoms with Crippen molar-refractivity contribution in [2.45, 2.75) is 32.4 Å². The molecule has 0 aliphatic carbocycles. The standard InChI is InChI=1S/C41H37Cl3N6O4/c1-41(2,3)54-40(52)49-16-14-48(15-17-49)32-13-11-26(53-4)21-30(32)47-39(51)36-34-33-28(18-25(43)20-31(33)46-36)37(27-12-10-24(42)19-29(27)44)50-22-45-35(38(34)50)23-8-6-5-7-9-23/h5-13,18-22,37,46H,14-17H2,1-4H3,(H,47,51)/t37-/m1/s1. The zero-order valence-electron chi connectivity index (χ0n) is 30.0. The number of amides is 2. The van der Waals surface area contributed by atoms with Crippen molar-refractivity contribution in [1.29, 1.82) is 0 Å². The molecule has 4 aromatic carbocycles. The first-order valence-electron chi connectivity index (χ1n) is 17.5. The summed E-state index contributed by atoms with van der Waals surface area (Å²) in [6.07, 6.45) is 1.45. The Kier molecular flexibility index (Phi) is 9.24. The summed E-state index contributed by atoms with van der Waals surface area (Å²) in [6, 6.07) is 24.3. The zero-order chi connectivity index (χ0) is 37.9. The van der Waals surface area contributed by atoms with Gasteiger partial charge in [-0.3, -0.25) is 4.79 Å². The molecule has 1 atom stereocenters. The average molecular weight is 784 g/mol. The van der Waals surface area contributed by atoms with Crippen LogP contribution in [-0.2, 0) is 4.74 Å². The highest BCUT2D eigenvalue weighted by molar-refractivity contribution is 6.35. The highest BCUT2D eigenvalue weighted by Gasteiger charge is 2.37. The molecular formula is C41H37Cl3N6O4. The summed E-state index contributed by atoms with van der Waals surface area (Å²) >= 11 is 20.0. The number of aromatic nitrogens is 3. The zero-order valence-corrected chi connectivity index (χ0v) is 32.3. The number of rotatable bonds is 6. The highest BCUT2D eigenvalue weighted by atomic mass is 35.5. The lowest BCUT2D eigenvalue weighted by Gasteiger charge is -2.37. The fraction of sp³-hybridized carbons (Fsp3) is 0.244. The minimum Gasteiger partial charge on any atom is -0.497 e. The lowest BCUT2D eigenvalue weighted by Crippen LogP contribution is -2.50. The number of fused-ring (bicyclic) bond motifs is 2. The predicted molar refractivity (Wildman–Crippen MR) is 215 cm³/mol. The molecule has 6 aromatic rings. The Morgan fingerprint density at radius 1 is 0.889 bits per heavy atom. The molecule has 13 heteroatoms. The van der Waals surface area contributed by atoms with Crippen molar-refractivity contribution < 1.29 is 19.1 Å². The number of benzene rings is 4. The quantitative estimate of drug-likeness (QED) is 0.174. The van der Waals surface area contributed by atoms with Crippen LogP contribution in [0.15, 0.2) is 85.2 Å². The number of hydrogen-bond donors (Lipinski definition) is 2. The second-order valence-electron chi connectivity index (χ2n) is 14.4. The van der Waals surface area contributed by atoms with E-state index in [2.05, 4.69) is 19.8 Å². The Hall–Kier alpha value is -5.16. The first-order valence-corrected chi connectivity index (χ1v) is 18.7. The molecule has 10 nitrogen and oxygen atoms in total. The van der Waals surface area contributed by atoms with E-state index < -0.39 is 11.6 Å². The Morgan fingerprint density at radius 2 is 1.65 bits per heavy atom. The average Bonchev–Trinajstić information content (AvgIpc) is 3.75. The first-order chi connectivity index (χ1) is 25.9. The van der Waals surface area contributed by atoms with Gasteiger partial charge in [-0.15, -0.1) is 0 Å². The Morgan fingerprint density at radius 3 is 2.35 bits per heavy atom. The molecule has 0 bridgehead atoms. The number of imidazole rings is 1. The van der Waals surface area contributed by atoms with Gasteiger partial charge in [0, 0.05) is 69.3 Å². The summed E-state index contributed by atoms with van der Waals surface area (Å²) in [6.45, 7) is 7.59. The Labute approximate surface area is 327 Å². The molecule has 1 fully saturated rings. The minimum absolute atomic E-state index is 0.340. The molecule has 0 saturated carbocycles. The molecule has 8 rings (SSSR count). The second kappa shape index (κ2) is 13.9. The molecule has 276 valence electrons. The minimum atomic E-state index is -0.584. The molecule has 0 spiro atoms. The fourth-order valence-electron chi connectivity index (χ4n) is 7.41. The van der Waals surface area contributed by atoms with Crippen LogP contribution < -0.4 is 15.0 Å². The van der Waals surface area contributed by atoms with E-state index in [1.807, 2.05) is 93.6 Å². The lowest BCUT2D eigenvalue weighted by atomic mass is 9.87. The number of H-pyrrole nitrogens is 1. The molecule has 54 heavy (non-hydrogen) atoms. The summed E-state index contributed by atoms with van der Waals surface area (Å²) in [5.74, 6) is 0.223. The smallest absolute Gasteiger partial charge is 0.410 e. The summed E-state index contributed by atoms with van der Waals surface area (Å²) < 4.78 is 13.2. The number of carbonyl (C=O) groups is 2. The van der Waals surface area contributed by atoms with Crippen LogP contribution in [0.4, 0.5) is 16.2 Å². The highest BCUT2D eigenvalue weighted by Crippen LogP contribution is 2.51. The molecule has 2 amide bonds. The van der Waals surface area contributed by atoms with Crippen molar-refractivity contribution in [1.82, 2.24) is 19.4 Å². The largest absolute Gasteiger partial charge is 0.497 e. The molecule has 4 heterocycles. The van der Waals surface area contributed by atoms with Gasteiger partial charge in [0.25, 0.3) is 5.91 Å². The van der Waals surface area contributed by atoms with E-state index in [0.29, 0.717) is 75.2 Å². The molecule has 2 N–H and O–H groups in total. The van der Waals surface area contributed by atoms with Crippen LogP contribution >= 0.6 is 34.8 Å². The van der Waals surface area contributed by atoms with Gasteiger partial charge in [-0.2, -0.15) is 0 Å². The van der Waals surface area contributed by atoms with Crippen molar-refractivity contribution in [3.63, 3.8) is 0 Å². The Bertz CT molecular complexity index is 2430. The third-order valence-corrected chi connectivity index (χ3v) is 10.5. The SMILES string of the molecule is COc1ccc(N2CCN(C(=O)OC(C)(C)C)CC2)c(NC(=O)c2[nH]c3cc(Cl)cc4c3c2-c2c(-c3ccccc3)ncn2[C@@H]4c2ccc(Cl)cc2Cl)c1. The van der Waals surface area contributed by atoms with Gasteiger partial charge in [-0.25, -0.2) is 9.78 Å². The van der Waals surface area contributed by atoms with Crippen molar-refractivity contribution in [2.75, 3.05) is 43.5 Å². The molecule has 2 aliphatic heterocycles. The number of ether oxygens (including phenoxy) is 2. The van der Waals surface area contributed by atoms with Gasteiger partial charge in [-0.05, 0) is 68.3 Å². The summed E-state index contributed by atoms with van der Waals surface area (Å²) in [7, 11) is 1.59. The predicted octanol–water partition coefficient (Wildman–Crippen LogP) is 9.93. The van der Waals surface area contributed by atoms with E-state index in [-0.39, 0.29) is 12.0 Å². The van der Waals surface area contributed by atoms with E-state index in [1.165, 1.54) is 0 Å². The first kappa shape index (κ1) is 35.8. The van der Waals surface area contributed by atoms with Crippen LogP contribution in [0.25, 0.3) is 33.4 Å². The Balaban J connectivity index is 1.23. The van der Waals surface area contributed by atoms with Crippen LogP contribution in [0.3, 0.4) is 0 Å². The van der Waals surface area contributed by atoms with Crippen molar-refractivity contribution in [2.24, 2.45) is 0 Å². The number of aromatic amines is 1. The summed E-state index contributed by atoms with van der Waals surface area (Å²) in [4.78, 5) is 39.8. The summed E-state index contributed by atoms with van der Waals surface area (Å²) in [5, 5.41) is 5.56. The third kappa shape index (κ3) is 6.52. The maximum atomic E-state index is 14.7. The van der Waals surface area contributed by atoms with Gasteiger partial charge in [0.2, 0.25) is 0 Å². The van der Waals surface area contributed by atoms with Crippen molar-refractivity contribution in [3.8, 4) is 28.3 Å². The van der Waals surface area contributed by atoms with Gasteiger partial charge in [-0.1, -0.05) is 71.2 Å². The number of halogens is 3. The van der Waals surface area contributed by atoms with Gasteiger partial charge in [0.05, 0.1) is 42.2 Å². The van der Waals surface area contributed by atoms with Crippen molar-refractivity contribution in [3.05, 3.63) is 117 Å². The van der Waals surface area contributed by atoms with Crippen molar-refractivity contribution >= 4 is 69.1 Å². The van der Waals surface area contributed by atoms with E-state index in [4.69, 9.17) is 49.3 Å². The number of piperazine rings is 1. The van der Waals surface area contributed by atoms with Crippen LogP contribution in [0, 0.1) is 0 Å². The normalized spacial score (nSPS) is 15.3. The topological polar surface area (TPSA) is 105 Å². The van der Waals surface area contributed by atoms with E-state index in [1.54, 1.807) is 24.4 Å². The molecule has 0 radical (unpaired) electrons. The van der Waals surface area contributed by atoms with Gasteiger partial charge in [0.15, 0.2) is 0 Å². The van der Waals surface area contributed by atoms with Crippen LogP contribution in [0.1, 0.15) is 48.4 Å². The van der Waals surface area contributed by atoms with E-state index >= 15 is 0 Å². The molecule has 2 aromatic heterocycles. The number of nitrogens with zero attached hydrogens (tertiary/aromatic N) is 4. The second-order valence-corrected chi connectivity index (χ2v) is 15.6. The monoisotopic (exact) mass is 782 g/mol. The van der Waals surface area contributed by atoms with E-state index in [0.717, 1.165) is 33.5 Å². The molecular weight excluding hydrogens is 747 g/mol. The van der Waals surface area contributed by atoms with Crippen LogP contribution in [-0.4, -0.2) is 70.3 Å². The number of methoxy groups -OCH3 is 1. The van der Waals surface area contributed by atoms with Gasteiger partial charge < -0.3 is 34.1 Å². The lowest BCUT2D eigenvalue weighted by molar-refractivity contribution is 0.0240. The maximum Gasteiger partial charge on any atom is 0.410 e. The number of carbonyl (C=O) groups excluding carboxylic acids is 2. The van der Waals surface area contributed by atoms with Crippen LogP contribution in [0.5, 0.6) is 5.75 Å². The maximum absolute atomic E-state index is 14.7. The number of hydrogen-bond acceptors (Lipinski definition) is 6. The fourth-order valence-corrected chi connectivity index (χ4v) is 8.15. The molecule has 1 saturated heterocycles. The number of nitrogens with one attached hydrogen (secondary N) is 2. The molecule has 0 unspecified atom stereocenters. The molecule has 2 aliphatic rings. The summed E-state index contributed by atoms with van der Waals surface area (Å²) in [5.41, 5.74) is 6.56. The van der Waals surface area contributed by atoms with Crippen LogP contribution in [0.2, 0.25) is 15.1 Å².